The largest absolute Gasteiger partial charge is 0.480 e. The van der Waals surface area contributed by atoms with Crippen LogP contribution in [0.3, 0.4) is 0 Å². The fraction of sp³-hybridized carbons (Fsp3) is 0.364. The van der Waals surface area contributed by atoms with Crippen LogP contribution in [0.2, 0.25) is 0 Å². The van der Waals surface area contributed by atoms with Gasteiger partial charge in [-0.25, -0.2) is 9.59 Å². The van der Waals surface area contributed by atoms with E-state index in [1.165, 1.54) is 0 Å². The van der Waals surface area contributed by atoms with E-state index in [0.29, 0.717) is 6.42 Å². The van der Waals surface area contributed by atoms with E-state index in [9.17, 15) is 14.7 Å². The van der Waals surface area contributed by atoms with E-state index >= 15 is 0 Å². The number of hydrogen-bond acceptors (Lipinski definition) is 3. The van der Waals surface area contributed by atoms with Crippen molar-refractivity contribution in [1.82, 2.24) is 5.32 Å². The molecule has 0 heterocycles. The van der Waals surface area contributed by atoms with Gasteiger partial charge in [-0.1, -0.05) is 74.9 Å². The minimum atomic E-state index is -1.06. The van der Waals surface area contributed by atoms with Crippen LogP contribution in [0.1, 0.15) is 39.7 Å². The van der Waals surface area contributed by atoms with Crippen LogP contribution >= 0.6 is 0 Å². The summed E-state index contributed by atoms with van der Waals surface area (Å²) in [5, 5.41) is 11.8. The summed E-state index contributed by atoms with van der Waals surface area (Å²) in [4.78, 5) is 23.6. The van der Waals surface area contributed by atoms with Crippen molar-refractivity contribution >= 4 is 12.1 Å². The highest BCUT2D eigenvalue weighted by Crippen LogP contribution is 2.28. The van der Waals surface area contributed by atoms with Crippen LogP contribution in [-0.4, -0.2) is 23.2 Å². The molecule has 0 saturated carbocycles. The van der Waals surface area contributed by atoms with Crippen molar-refractivity contribution in [2.24, 2.45) is 5.92 Å². The average molecular weight is 369 g/mol. The van der Waals surface area contributed by atoms with Crippen molar-refractivity contribution < 1.29 is 19.4 Å². The van der Waals surface area contributed by atoms with Crippen molar-refractivity contribution in [2.75, 3.05) is 0 Å². The molecule has 0 spiro atoms. The molecule has 27 heavy (non-hydrogen) atoms. The summed E-state index contributed by atoms with van der Waals surface area (Å²) >= 11 is 0. The second-order valence-electron chi connectivity index (χ2n) is 7.19. The molecule has 2 rings (SSSR count). The van der Waals surface area contributed by atoms with Gasteiger partial charge in [-0.15, -0.1) is 0 Å². The Morgan fingerprint density at radius 2 is 1.59 bits per heavy atom. The number of benzene rings is 2. The van der Waals surface area contributed by atoms with Crippen molar-refractivity contribution in [2.45, 2.75) is 45.8 Å². The first-order valence-electron chi connectivity index (χ1n) is 9.13. The van der Waals surface area contributed by atoms with Gasteiger partial charge in [0, 0.05) is 0 Å². The highest BCUT2D eigenvalue weighted by atomic mass is 16.6. The van der Waals surface area contributed by atoms with E-state index in [1.807, 2.05) is 61.5 Å². The van der Waals surface area contributed by atoms with Gasteiger partial charge in [0.25, 0.3) is 0 Å². The Morgan fingerprint density at radius 1 is 1.04 bits per heavy atom. The summed E-state index contributed by atoms with van der Waals surface area (Å²) in [7, 11) is 0. The van der Waals surface area contributed by atoms with Gasteiger partial charge in [0.2, 0.25) is 0 Å². The molecule has 0 aliphatic rings. The topological polar surface area (TPSA) is 75.6 Å². The molecule has 0 aliphatic carbocycles. The van der Waals surface area contributed by atoms with E-state index in [0.717, 1.165) is 16.7 Å². The zero-order valence-electron chi connectivity index (χ0n) is 16.2. The molecule has 0 fully saturated rings. The Kier molecular flexibility index (Phi) is 6.61. The highest BCUT2D eigenvalue weighted by molar-refractivity contribution is 5.80. The number of carbonyl (C=O) groups is 2. The molecule has 2 N–H and O–H groups in total. The quantitative estimate of drug-likeness (QED) is 0.734. The van der Waals surface area contributed by atoms with Gasteiger partial charge in [-0.3, -0.25) is 0 Å². The number of nitrogens with one attached hydrogen (secondary N) is 1. The minimum absolute atomic E-state index is 0.191. The van der Waals surface area contributed by atoms with Crippen LogP contribution in [0.4, 0.5) is 4.79 Å². The molecule has 2 aromatic carbocycles. The number of carbonyl (C=O) groups excluding carboxylic acids is 1. The first kappa shape index (κ1) is 20.5. The van der Waals surface area contributed by atoms with E-state index in [1.54, 1.807) is 20.8 Å². The fourth-order valence-electron chi connectivity index (χ4n) is 2.82. The molecule has 0 unspecified atom stereocenters. The van der Waals surface area contributed by atoms with Crippen LogP contribution in [0.15, 0.2) is 54.6 Å². The Hall–Kier alpha value is -2.82. The Morgan fingerprint density at radius 3 is 2.11 bits per heavy atom. The number of alkyl carbamates (subject to hydrolysis) is 1. The third-order valence-electron chi connectivity index (χ3n) is 4.79. The summed E-state index contributed by atoms with van der Waals surface area (Å²) < 4.78 is 5.53. The normalized spacial score (nSPS) is 13.5. The van der Waals surface area contributed by atoms with Gasteiger partial charge in [0.15, 0.2) is 0 Å². The van der Waals surface area contributed by atoms with Crippen molar-refractivity contribution in [3.05, 3.63) is 60.2 Å². The molecular weight excluding hydrogens is 342 g/mol. The Bertz CT molecular complexity index is 769. The van der Waals surface area contributed by atoms with E-state index < -0.39 is 23.7 Å². The molecule has 1 amide bonds. The second kappa shape index (κ2) is 8.71. The third kappa shape index (κ3) is 5.33. The average Bonchev–Trinajstić information content (AvgIpc) is 2.65. The molecule has 0 aromatic heterocycles. The Labute approximate surface area is 160 Å². The summed E-state index contributed by atoms with van der Waals surface area (Å²) in [6.45, 7) is 7.23. The SMILES string of the molecule is CC[C@H](C)[C@H](NC(=O)OC(C)(C)c1ccc(-c2ccccc2)cc1)C(=O)O. The van der Waals surface area contributed by atoms with Crippen LogP contribution in [0.5, 0.6) is 0 Å². The summed E-state index contributed by atoms with van der Waals surface area (Å²) in [6, 6.07) is 16.8. The van der Waals surface area contributed by atoms with Gasteiger partial charge >= 0.3 is 12.1 Å². The zero-order valence-corrected chi connectivity index (χ0v) is 16.2. The first-order chi connectivity index (χ1) is 12.7. The molecule has 2 aromatic rings. The lowest BCUT2D eigenvalue weighted by atomic mass is 9.95. The van der Waals surface area contributed by atoms with Gasteiger partial charge in [-0.05, 0) is 36.5 Å². The van der Waals surface area contributed by atoms with Crippen molar-refractivity contribution in [3.8, 4) is 11.1 Å². The molecule has 144 valence electrons. The monoisotopic (exact) mass is 369 g/mol. The maximum absolute atomic E-state index is 12.3. The zero-order chi connectivity index (χ0) is 20.0. The summed E-state index contributed by atoms with van der Waals surface area (Å²) in [5.41, 5.74) is 2.12. The molecule has 0 aliphatic heterocycles. The van der Waals surface area contributed by atoms with Crippen LogP contribution < -0.4 is 5.32 Å². The van der Waals surface area contributed by atoms with Crippen molar-refractivity contribution in [3.63, 3.8) is 0 Å². The summed E-state index contributed by atoms with van der Waals surface area (Å²) in [6.07, 6.45) is -0.0958. The molecule has 0 radical (unpaired) electrons. The summed E-state index contributed by atoms with van der Waals surface area (Å²) in [5.74, 6) is -1.25. The van der Waals surface area contributed by atoms with Gasteiger partial charge in [0.05, 0.1) is 0 Å². The first-order valence-corrected chi connectivity index (χ1v) is 9.13. The molecule has 0 bridgehead atoms. The Balaban J connectivity index is 2.09. The maximum atomic E-state index is 12.3. The molecule has 0 saturated heterocycles. The maximum Gasteiger partial charge on any atom is 0.408 e. The second-order valence-corrected chi connectivity index (χ2v) is 7.19. The number of aliphatic carboxylic acids is 1. The van der Waals surface area contributed by atoms with Crippen LogP contribution in [0, 0.1) is 5.92 Å². The lowest BCUT2D eigenvalue weighted by molar-refractivity contribution is -0.140. The fourth-order valence-corrected chi connectivity index (χ4v) is 2.82. The lowest BCUT2D eigenvalue weighted by Gasteiger charge is -2.28. The smallest absolute Gasteiger partial charge is 0.408 e. The number of hydrogen-bond donors (Lipinski definition) is 2. The number of carboxylic acids is 1. The number of ether oxygens (including phenoxy) is 1. The van der Waals surface area contributed by atoms with Gasteiger partial charge in [0.1, 0.15) is 11.6 Å². The standard InChI is InChI=1S/C22H27NO4/c1-5-15(2)19(20(24)25)23-21(26)27-22(3,4)18-13-11-17(12-14-18)16-9-7-6-8-10-16/h6-15,19H,5H2,1-4H3,(H,23,26)(H,24,25)/t15-,19-/m0/s1. The minimum Gasteiger partial charge on any atom is -0.480 e. The number of carboxylic acid groups (broad SMARTS) is 1. The van der Waals surface area contributed by atoms with Crippen LogP contribution in [-0.2, 0) is 15.1 Å². The highest BCUT2D eigenvalue weighted by Gasteiger charge is 2.30. The van der Waals surface area contributed by atoms with Gasteiger partial charge in [-0.2, -0.15) is 0 Å². The molecular formula is C22H27NO4. The molecule has 2 atom stereocenters. The predicted molar refractivity (Wildman–Crippen MR) is 105 cm³/mol. The van der Waals surface area contributed by atoms with E-state index in [2.05, 4.69) is 5.32 Å². The van der Waals surface area contributed by atoms with Gasteiger partial charge < -0.3 is 15.2 Å². The van der Waals surface area contributed by atoms with Crippen molar-refractivity contribution in [1.29, 1.82) is 0 Å². The number of rotatable bonds is 7. The number of amides is 1. The predicted octanol–water partition coefficient (Wildman–Crippen LogP) is 4.81. The van der Waals surface area contributed by atoms with Crippen LogP contribution in [0.25, 0.3) is 11.1 Å². The third-order valence-corrected chi connectivity index (χ3v) is 4.79. The van der Waals surface area contributed by atoms with E-state index in [4.69, 9.17) is 4.74 Å². The molecule has 5 nitrogen and oxygen atoms in total. The lowest BCUT2D eigenvalue weighted by Crippen LogP contribution is -2.46. The van der Waals surface area contributed by atoms with E-state index in [-0.39, 0.29) is 5.92 Å². The molecule has 5 heteroatoms.